The van der Waals surface area contributed by atoms with Crippen LogP contribution in [0.4, 0.5) is 10.2 Å². The van der Waals surface area contributed by atoms with Crippen molar-refractivity contribution in [2.45, 2.75) is 6.92 Å². The van der Waals surface area contributed by atoms with Crippen molar-refractivity contribution in [3.05, 3.63) is 59.9 Å². The van der Waals surface area contributed by atoms with E-state index in [0.717, 1.165) is 43.1 Å². The molecule has 1 N–H and O–H groups in total. The Bertz CT molecular complexity index is 1150. The molecule has 0 amide bonds. The molecule has 1 saturated heterocycles. The highest BCUT2D eigenvalue weighted by Crippen LogP contribution is 2.32. The molecule has 0 bridgehead atoms. The molecule has 6 nitrogen and oxygen atoms in total. The monoisotopic (exact) mass is 389 g/mol. The van der Waals surface area contributed by atoms with Crippen LogP contribution in [0.25, 0.3) is 34.1 Å². The number of anilines is 1. The normalized spacial score (nSPS) is 14.5. The van der Waals surface area contributed by atoms with Crippen molar-refractivity contribution in [3.63, 3.8) is 0 Å². The average molecular weight is 389 g/mol. The van der Waals surface area contributed by atoms with Gasteiger partial charge < -0.3 is 14.6 Å². The molecule has 1 aliphatic rings. The van der Waals surface area contributed by atoms with Crippen LogP contribution in [0, 0.1) is 12.7 Å². The molecule has 146 valence electrons. The fourth-order valence-corrected chi connectivity index (χ4v) is 3.45. The maximum Gasteiger partial charge on any atom is 0.229 e. The third-order valence-corrected chi connectivity index (χ3v) is 5.05. The maximum atomic E-state index is 13.4. The quantitative estimate of drug-likeness (QED) is 0.575. The molecule has 1 fully saturated rings. The Hall–Kier alpha value is -3.32. The van der Waals surface area contributed by atoms with Crippen LogP contribution in [0.2, 0.25) is 0 Å². The number of piperazine rings is 1. The van der Waals surface area contributed by atoms with Crippen LogP contribution in [0.5, 0.6) is 0 Å². The fourth-order valence-electron chi connectivity index (χ4n) is 3.45. The summed E-state index contributed by atoms with van der Waals surface area (Å²) in [5.74, 6) is 1.46. The highest BCUT2D eigenvalue weighted by Gasteiger charge is 2.22. The molecule has 29 heavy (non-hydrogen) atoms. The molecule has 0 unspecified atom stereocenters. The van der Waals surface area contributed by atoms with Gasteiger partial charge in [0, 0.05) is 37.3 Å². The largest absolute Gasteiger partial charge is 0.430 e. The Morgan fingerprint density at radius 1 is 0.897 bits per heavy atom. The molecule has 0 radical (unpaired) electrons. The second kappa shape index (κ2) is 7.25. The van der Waals surface area contributed by atoms with Gasteiger partial charge in [-0.1, -0.05) is 17.7 Å². The lowest BCUT2D eigenvalue weighted by molar-refractivity contribution is 0.575. The summed E-state index contributed by atoms with van der Waals surface area (Å²) < 4.78 is 19.5. The van der Waals surface area contributed by atoms with E-state index in [4.69, 9.17) is 9.40 Å². The van der Waals surface area contributed by atoms with E-state index >= 15 is 0 Å². The number of nitrogens with zero attached hydrogens (tertiary/aromatic N) is 4. The third-order valence-electron chi connectivity index (χ3n) is 5.05. The molecule has 4 aromatic rings. The van der Waals surface area contributed by atoms with Gasteiger partial charge >= 0.3 is 0 Å². The van der Waals surface area contributed by atoms with Gasteiger partial charge in [0.25, 0.3) is 0 Å². The number of hydrogen-bond acceptors (Lipinski definition) is 6. The van der Waals surface area contributed by atoms with Crippen molar-refractivity contribution in [2.24, 2.45) is 0 Å². The summed E-state index contributed by atoms with van der Waals surface area (Å²) in [7, 11) is 0. The van der Waals surface area contributed by atoms with Crippen LogP contribution in [-0.2, 0) is 0 Å². The lowest BCUT2D eigenvalue weighted by Gasteiger charge is -2.28. The molecule has 2 aromatic heterocycles. The van der Waals surface area contributed by atoms with Crippen LogP contribution in [0.3, 0.4) is 0 Å². The zero-order chi connectivity index (χ0) is 19.8. The maximum absolute atomic E-state index is 13.4. The number of rotatable bonds is 3. The molecule has 0 saturated carbocycles. The van der Waals surface area contributed by atoms with E-state index in [9.17, 15) is 4.39 Å². The number of hydrogen-bond donors (Lipinski definition) is 1. The van der Waals surface area contributed by atoms with Crippen LogP contribution in [-0.4, -0.2) is 41.1 Å². The van der Waals surface area contributed by atoms with Gasteiger partial charge in [-0.3, -0.25) is 0 Å². The van der Waals surface area contributed by atoms with Gasteiger partial charge in [-0.15, -0.1) is 0 Å². The van der Waals surface area contributed by atoms with Gasteiger partial charge in [0.05, 0.1) is 0 Å². The molecule has 3 heterocycles. The minimum atomic E-state index is -0.291. The van der Waals surface area contributed by atoms with Crippen molar-refractivity contribution in [3.8, 4) is 22.8 Å². The lowest BCUT2D eigenvalue weighted by atomic mass is 10.1. The van der Waals surface area contributed by atoms with Crippen molar-refractivity contribution < 1.29 is 8.81 Å². The molecule has 7 heteroatoms. The zero-order valence-corrected chi connectivity index (χ0v) is 16.0. The van der Waals surface area contributed by atoms with Crippen molar-refractivity contribution in [1.82, 2.24) is 20.3 Å². The summed E-state index contributed by atoms with van der Waals surface area (Å²) in [6, 6.07) is 14.2. The van der Waals surface area contributed by atoms with E-state index in [2.05, 4.69) is 20.2 Å². The first-order valence-electron chi connectivity index (χ1n) is 9.64. The number of aryl methyl sites for hydroxylation is 1. The molecule has 0 spiro atoms. The Morgan fingerprint density at radius 3 is 2.31 bits per heavy atom. The topological polar surface area (TPSA) is 67.1 Å². The summed E-state index contributed by atoms with van der Waals surface area (Å²) in [5, 5.41) is 3.35. The number of benzene rings is 2. The molecule has 1 aliphatic heterocycles. The van der Waals surface area contributed by atoms with E-state index in [-0.39, 0.29) is 5.82 Å². The smallest absolute Gasteiger partial charge is 0.229 e. The summed E-state index contributed by atoms with van der Waals surface area (Å²) in [4.78, 5) is 16.2. The van der Waals surface area contributed by atoms with Crippen molar-refractivity contribution >= 4 is 17.0 Å². The predicted octanol–water partition coefficient (Wildman–Crippen LogP) is 3.81. The van der Waals surface area contributed by atoms with Crippen LogP contribution >= 0.6 is 0 Å². The predicted molar refractivity (Wildman–Crippen MR) is 110 cm³/mol. The van der Waals surface area contributed by atoms with Gasteiger partial charge in [0.2, 0.25) is 17.1 Å². The minimum absolute atomic E-state index is 0.291. The first-order valence-corrected chi connectivity index (χ1v) is 9.64. The summed E-state index contributed by atoms with van der Waals surface area (Å²) >= 11 is 0. The van der Waals surface area contributed by atoms with Crippen molar-refractivity contribution in [1.29, 1.82) is 0 Å². The average Bonchev–Trinajstić information content (AvgIpc) is 3.19. The van der Waals surface area contributed by atoms with Gasteiger partial charge in [-0.05, 0) is 43.3 Å². The molecule has 5 rings (SSSR count). The van der Waals surface area contributed by atoms with E-state index in [1.807, 2.05) is 31.2 Å². The molecule has 2 aromatic carbocycles. The van der Waals surface area contributed by atoms with E-state index in [0.29, 0.717) is 22.9 Å². The number of fused-ring (bicyclic) bond motifs is 1. The van der Waals surface area contributed by atoms with Gasteiger partial charge in [0.1, 0.15) is 5.82 Å². The highest BCUT2D eigenvalue weighted by atomic mass is 19.1. The van der Waals surface area contributed by atoms with E-state index in [1.54, 1.807) is 12.1 Å². The second-order valence-electron chi connectivity index (χ2n) is 7.15. The van der Waals surface area contributed by atoms with E-state index < -0.39 is 0 Å². The number of aromatic nitrogens is 3. The SMILES string of the molecule is Cc1ccc(-c2nc3nc(-c4ccc(F)cc4)nc(N4CCNCC4)c3o2)cc1. The first-order chi connectivity index (χ1) is 14.2. The Balaban J connectivity index is 1.67. The molecular formula is C22H20FN5O. The Labute approximate surface area is 167 Å². The molecule has 0 aliphatic carbocycles. The standard InChI is InChI=1S/C22H20FN5O/c1-14-2-4-16(5-3-14)22-27-20-18(29-22)21(28-12-10-24-11-13-28)26-19(25-20)15-6-8-17(23)9-7-15/h2-9,24H,10-13H2,1H3. The van der Waals surface area contributed by atoms with Crippen LogP contribution in [0.15, 0.2) is 52.9 Å². The fraction of sp³-hybridized carbons (Fsp3) is 0.227. The first kappa shape index (κ1) is 17.8. The third kappa shape index (κ3) is 3.45. The van der Waals surface area contributed by atoms with Crippen molar-refractivity contribution in [2.75, 3.05) is 31.1 Å². The number of oxazole rings is 1. The zero-order valence-electron chi connectivity index (χ0n) is 16.0. The van der Waals surface area contributed by atoms with E-state index in [1.165, 1.54) is 17.7 Å². The molecular weight excluding hydrogens is 369 g/mol. The van der Waals surface area contributed by atoms with Crippen LogP contribution < -0.4 is 10.2 Å². The second-order valence-corrected chi connectivity index (χ2v) is 7.15. The summed E-state index contributed by atoms with van der Waals surface area (Å²) in [6.07, 6.45) is 0. The Kier molecular flexibility index (Phi) is 4.44. The summed E-state index contributed by atoms with van der Waals surface area (Å²) in [5.41, 5.74) is 3.88. The lowest BCUT2D eigenvalue weighted by Crippen LogP contribution is -2.44. The highest BCUT2D eigenvalue weighted by molar-refractivity contribution is 5.85. The van der Waals surface area contributed by atoms with Gasteiger partial charge in [-0.2, -0.15) is 4.98 Å². The number of halogens is 1. The van der Waals surface area contributed by atoms with Gasteiger partial charge in [0.15, 0.2) is 11.6 Å². The summed E-state index contributed by atoms with van der Waals surface area (Å²) in [6.45, 7) is 5.41. The Morgan fingerprint density at radius 2 is 1.59 bits per heavy atom. The van der Waals surface area contributed by atoms with Gasteiger partial charge in [-0.25, -0.2) is 14.4 Å². The minimum Gasteiger partial charge on any atom is -0.430 e. The van der Waals surface area contributed by atoms with Crippen LogP contribution in [0.1, 0.15) is 5.56 Å². The number of nitrogens with one attached hydrogen (secondary N) is 1. The molecule has 0 atom stereocenters.